The van der Waals surface area contributed by atoms with Crippen molar-refractivity contribution in [2.24, 2.45) is 0 Å². The van der Waals surface area contributed by atoms with Crippen LogP contribution in [-0.4, -0.2) is 10.9 Å². The van der Waals surface area contributed by atoms with Crippen LogP contribution in [0.1, 0.15) is 21.1 Å². The molecule has 0 saturated carbocycles. The van der Waals surface area contributed by atoms with Crippen LogP contribution in [-0.2, 0) is 0 Å². The third kappa shape index (κ3) is 2.35. The minimum atomic E-state index is -0.476. The third-order valence-corrected chi connectivity index (χ3v) is 4.81. The number of anilines is 1. The second-order valence-corrected chi connectivity index (χ2v) is 6.78. The average molecular weight is 340 g/mol. The van der Waals surface area contributed by atoms with Crippen molar-refractivity contribution in [1.82, 2.24) is 4.98 Å². The highest BCUT2D eigenvalue weighted by Crippen LogP contribution is 2.29. The quantitative estimate of drug-likeness (QED) is 0.555. The van der Waals surface area contributed by atoms with Crippen molar-refractivity contribution in [2.75, 3.05) is 5.32 Å². The van der Waals surface area contributed by atoms with Crippen LogP contribution in [0.25, 0.3) is 21.2 Å². The first kappa shape index (κ1) is 14.8. The molecule has 6 heteroatoms. The number of nitrogens with zero attached hydrogens (tertiary/aromatic N) is 1. The number of para-hydroxylation sites is 1. The van der Waals surface area contributed by atoms with Crippen LogP contribution in [0, 0.1) is 19.7 Å². The first-order valence-corrected chi connectivity index (χ1v) is 8.21. The molecule has 0 bridgehead atoms. The number of benzene rings is 2. The van der Waals surface area contributed by atoms with E-state index in [2.05, 4.69) is 10.3 Å². The zero-order chi connectivity index (χ0) is 16.8. The Bertz CT molecular complexity index is 1100. The Morgan fingerprint density at radius 3 is 2.88 bits per heavy atom. The van der Waals surface area contributed by atoms with Gasteiger partial charge in [-0.3, -0.25) is 4.79 Å². The molecule has 4 rings (SSSR count). The summed E-state index contributed by atoms with van der Waals surface area (Å²) in [6.45, 7) is 3.69. The topological polar surface area (TPSA) is 55.1 Å². The minimum Gasteiger partial charge on any atom is -0.448 e. The van der Waals surface area contributed by atoms with Crippen molar-refractivity contribution in [1.29, 1.82) is 0 Å². The van der Waals surface area contributed by atoms with Crippen molar-refractivity contribution >= 4 is 44.1 Å². The van der Waals surface area contributed by atoms with Gasteiger partial charge in [-0.1, -0.05) is 12.1 Å². The zero-order valence-electron chi connectivity index (χ0n) is 13.0. The lowest BCUT2D eigenvalue weighted by atomic mass is 10.1. The molecule has 2 aromatic carbocycles. The average Bonchev–Trinajstić information content (AvgIpc) is 3.08. The second kappa shape index (κ2) is 5.42. The predicted octanol–water partition coefficient (Wildman–Crippen LogP) is 5.05. The van der Waals surface area contributed by atoms with Gasteiger partial charge in [0.2, 0.25) is 0 Å². The fourth-order valence-electron chi connectivity index (χ4n) is 2.73. The summed E-state index contributed by atoms with van der Waals surface area (Å²) in [5, 5.41) is 4.38. The van der Waals surface area contributed by atoms with Gasteiger partial charge in [0.1, 0.15) is 0 Å². The molecule has 120 valence electrons. The largest absolute Gasteiger partial charge is 0.448 e. The molecule has 0 aliphatic rings. The highest BCUT2D eigenvalue weighted by molar-refractivity contribution is 7.18. The molecular weight excluding hydrogens is 327 g/mol. The molecule has 24 heavy (non-hydrogen) atoms. The van der Waals surface area contributed by atoms with E-state index in [9.17, 15) is 9.18 Å². The van der Waals surface area contributed by atoms with E-state index in [1.165, 1.54) is 6.07 Å². The number of hydrogen-bond donors (Lipinski definition) is 1. The molecule has 2 heterocycles. The van der Waals surface area contributed by atoms with Crippen molar-refractivity contribution in [3.05, 3.63) is 58.5 Å². The smallest absolute Gasteiger partial charge is 0.291 e. The van der Waals surface area contributed by atoms with E-state index >= 15 is 0 Å². The molecular formula is C18H13FN2O2S. The first-order valence-electron chi connectivity index (χ1n) is 7.39. The maximum atomic E-state index is 13.8. The molecule has 0 radical (unpaired) electrons. The molecule has 4 aromatic rings. The molecule has 0 aliphatic carbocycles. The van der Waals surface area contributed by atoms with Crippen LogP contribution < -0.4 is 5.32 Å². The number of carbonyl (C=O) groups is 1. The Labute approximate surface area is 140 Å². The molecule has 0 atom stereocenters. The van der Waals surface area contributed by atoms with Gasteiger partial charge >= 0.3 is 0 Å². The number of furan rings is 1. The molecule has 0 aliphatic heterocycles. The lowest BCUT2D eigenvalue weighted by molar-refractivity contribution is 0.0997. The lowest BCUT2D eigenvalue weighted by Gasteiger charge is -2.03. The Hall–Kier alpha value is -2.73. The lowest BCUT2D eigenvalue weighted by Crippen LogP contribution is -2.11. The van der Waals surface area contributed by atoms with E-state index in [-0.39, 0.29) is 11.3 Å². The maximum absolute atomic E-state index is 13.8. The molecule has 0 fully saturated rings. The zero-order valence-corrected chi connectivity index (χ0v) is 13.8. The van der Waals surface area contributed by atoms with Crippen molar-refractivity contribution in [2.45, 2.75) is 13.8 Å². The SMILES string of the molecule is Cc1nc2ccc(NC(=O)c3oc4c(F)cccc4c3C)cc2s1. The summed E-state index contributed by atoms with van der Waals surface area (Å²) >= 11 is 1.56. The maximum Gasteiger partial charge on any atom is 0.291 e. The number of fused-ring (bicyclic) bond motifs is 2. The first-order chi connectivity index (χ1) is 11.5. The minimum absolute atomic E-state index is 0.105. The van der Waals surface area contributed by atoms with Gasteiger partial charge in [-0.05, 0) is 38.1 Å². The van der Waals surface area contributed by atoms with Crippen LogP contribution in [0.15, 0.2) is 40.8 Å². The van der Waals surface area contributed by atoms with Crippen molar-refractivity contribution in [3.8, 4) is 0 Å². The monoisotopic (exact) mass is 340 g/mol. The van der Waals surface area contributed by atoms with Gasteiger partial charge in [-0.2, -0.15) is 0 Å². The summed E-state index contributed by atoms with van der Waals surface area (Å²) in [5.41, 5.74) is 2.28. The van der Waals surface area contributed by atoms with Gasteiger partial charge in [-0.25, -0.2) is 9.37 Å². The number of halogens is 1. The molecule has 2 aromatic heterocycles. The van der Waals surface area contributed by atoms with Gasteiger partial charge < -0.3 is 9.73 Å². The Morgan fingerprint density at radius 2 is 2.08 bits per heavy atom. The van der Waals surface area contributed by atoms with Gasteiger partial charge in [0, 0.05) is 16.6 Å². The fourth-order valence-corrected chi connectivity index (χ4v) is 3.60. The predicted molar refractivity (Wildman–Crippen MR) is 93.2 cm³/mol. The Kier molecular flexibility index (Phi) is 3.35. The summed E-state index contributed by atoms with van der Waals surface area (Å²) in [7, 11) is 0. The number of aromatic nitrogens is 1. The van der Waals surface area contributed by atoms with E-state index in [4.69, 9.17) is 4.42 Å². The van der Waals surface area contributed by atoms with Crippen LogP contribution in [0.3, 0.4) is 0 Å². The molecule has 1 amide bonds. The third-order valence-electron chi connectivity index (χ3n) is 3.88. The van der Waals surface area contributed by atoms with Crippen LogP contribution in [0.4, 0.5) is 10.1 Å². The van der Waals surface area contributed by atoms with Crippen molar-refractivity contribution in [3.63, 3.8) is 0 Å². The molecule has 0 spiro atoms. The summed E-state index contributed by atoms with van der Waals surface area (Å²) in [4.78, 5) is 16.9. The van der Waals surface area contributed by atoms with Crippen molar-refractivity contribution < 1.29 is 13.6 Å². The number of aryl methyl sites for hydroxylation is 2. The van der Waals surface area contributed by atoms with E-state index in [0.29, 0.717) is 16.6 Å². The van der Waals surface area contributed by atoms with Crippen LogP contribution >= 0.6 is 11.3 Å². The summed E-state index contributed by atoms with van der Waals surface area (Å²) < 4.78 is 20.3. The van der Waals surface area contributed by atoms with Gasteiger partial charge in [0.05, 0.1) is 15.2 Å². The van der Waals surface area contributed by atoms with Gasteiger partial charge in [0.15, 0.2) is 17.2 Å². The standard InChI is InChI=1S/C18H13FN2O2S/c1-9-12-4-3-5-13(19)17(12)23-16(9)18(22)21-11-6-7-14-15(8-11)24-10(2)20-14/h3-8H,1-2H3,(H,21,22). The molecule has 1 N–H and O–H groups in total. The second-order valence-electron chi connectivity index (χ2n) is 5.54. The number of amides is 1. The highest BCUT2D eigenvalue weighted by atomic mass is 32.1. The Morgan fingerprint density at radius 1 is 1.25 bits per heavy atom. The molecule has 0 saturated heterocycles. The van der Waals surface area contributed by atoms with Crippen LogP contribution in [0.5, 0.6) is 0 Å². The highest BCUT2D eigenvalue weighted by Gasteiger charge is 2.19. The van der Waals surface area contributed by atoms with E-state index < -0.39 is 11.7 Å². The normalized spacial score (nSPS) is 11.3. The number of nitrogens with one attached hydrogen (secondary N) is 1. The summed E-state index contributed by atoms with van der Waals surface area (Å²) in [6, 6.07) is 10.2. The van der Waals surface area contributed by atoms with Gasteiger partial charge in [0.25, 0.3) is 5.91 Å². The van der Waals surface area contributed by atoms with E-state index in [1.807, 2.05) is 19.1 Å². The van der Waals surface area contributed by atoms with Gasteiger partial charge in [-0.15, -0.1) is 11.3 Å². The summed E-state index contributed by atoms with van der Waals surface area (Å²) in [5.74, 6) is -0.754. The summed E-state index contributed by atoms with van der Waals surface area (Å²) in [6.07, 6.45) is 0. The number of carbonyl (C=O) groups excluding carboxylic acids is 1. The number of rotatable bonds is 2. The number of hydrogen-bond acceptors (Lipinski definition) is 4. The number of thiazole rings is 1. The van der Waals surface area contributed by atoms with E-state index in [0.717, 1.165) is 15.2 Å². The fraction of sp³-hybridized carbons (Fsp3) is 0.111. The molecule has 0 unspecified atom stereocenters. The van der Waals surface area contributed by atoms with Crippen LogP contribution in [0.2, 0.25) is 0 Å². The van der Waals surface area contributed by atoms with E-state index in [1.54, 1.807) is 36.5 Å². The Balaban J connectivity index is 1.70. The molecule has 4 nitrogen and oxygen atoms in total.